The van der Waals surface area contributed by atoms with E-state index >= 15 is 0 Å². The van der Waals surface area contributed by atoms with Crippen LogP contribution in [-0.4, -0.2) is 0 Å². The molecule has 2 nitrogen and oxygen atoms in total. The van der Waals surface area contributed by atoms with Crippen LogP contribution in [-0.2, 0) is 0 Å². The highest BCUT2D eigenvalue weighted by molar-refractivity contribution is 6.21. The van der Waals surface area contributed by atoms with Gasteiger partial charge in [0.05, 0.1) is 5.69 Å². The van der Waals surface area contributed by atoms with Crippen LogP contribution < -0.4 is 9.80 Å². The molecular weight excluding hydrogens is 773 g/mol. The topological polar surface area (TPSA) is 6.48 Å². The lowest BCUT2D eigenvalue weighted by Gasteiger charge is -2.28. The molecule has 64 heavy (non-hydrogen) atoms. The van der Waals surface area contributed by atoms with E-state index in [1.165, 1.54) is 54.9 Å². The monoisotopic (exact) mass is 816 g/mol. The van der Waals surface area contributed by atoms with Crippen LogP contribution >= 0.6 is 0 Å². The van der Waals surface area contributed by atoms with Crippen molar-refractivity contribution < 1.29 is 0 Å². The zero-order valence-electron chi connectivity index (χ0n) is 35.3. The van der Waals surface area contributed by atoms with Crippen molar-refractivity contribution >= 4 is 55.7 Å². The van der Waals surface area contributed by atoms with Crippen LogP contribution in [0.15, 0.2) is 267 Å². The average Bonchev–Trinajstić information content (AvgIpc) is 3.38. The van der Waals surface area contributed by atoms with Crippen molar-refractivity contribution in [3.63, 3.8) is 0 Å². The Morgan fingerprint density at radius 1 is 0.188 bits per heavy atom. The molecule has 0 N–H and O–H groups in total. The van der Waals surface area contributed by atoms with Crippen molar-refractivity contribution in [2.75, 3.05) is 9.80 Å². The Labute approximate surface area is 375 Å². The smallest absolute Gasteiger partial charge is 0.0540 e. The van der Waals surface area contributed by atoms with Gasteiger partial charge >= 0.3 is 0 Å². The van der Waals surface area contributed by atoms with Gasteiger partial charge in [-0.05, 0) is 127 Å². The number of fused-ring (bicyclic) bond motifs is 2. The van der Waals surface area contributed by atoms with E-state index in [1.54, 1.807) is 0 Å². The number of nitrogens with zero attached hydrogens (tertiary/aromatic N) is 2. The minimum atomic E-state index is 1.08. The number of para-hydroxylation sites is 3. The van der Waals surface area contributed by atoms with E-state index in [-0.39, 0.29) is 0 Å². The lowest BCUT2D eigenvalue weighted by atomic mass is 9.86. The summed E-state index contributed by atoms with van der Waals surface area (Å²) in [6.45, 7) is 0. The molecule has 0 heterocycles. The first kappa shape index (κ1) is 38.5. The molecule has 0 aromatic heterocycles. The van der Waals surface area contributed by atoms with Crippen molar-refractivity contribution in [2.24, 2.45) is 0 Å². The first-order valence-corrected chi connectivity index (χ1v) is 21.9. The molecule has 0 saturated carbocycles. The fraction of sp³-hybridized carbons (Fsp3) is 0. The summed E-state index contributed by atoms with van der Waals surface area (Å²) in [5, 5.41) is 5.00. The average molecular weight is 817 g/mol. The van der Waals surface area contributed by atoms with Crippen LogP contribution in [0.5, 0.6) is 0 Å². The van der Waals surface area contributed by atoms with Crippen LogP contribution in [0.1, 0.15) is 0 Å². The first-order valence-electron chi connectivity index (χ1n) is 21.9. The molecule has 0 bridgehead atoms. The maximum Gasteiger partial charge on any atom is 0.0540 e. The van der Waals surface area contributed by atoms with E-state index in [2.05, 4.69) is 277 Å². The van der Waals surface area contributed by atoms with Crippen LogP contribution in [0.4, 0.5) is 34.1 Å². The standard InChI is InChI=1S/C62H44N2/c1-5-19-47(20-6-1)55-27-17-18-32-60(55)64(53-41-35-46(36-42-53)45-33-39-52(40-34-45)63(50-23-9-3-10-24-50)51-25-11-4-12-26-51)54-43-37-49(38-44-54)62-58-30-15-13-28-56(58)61(48-21-7-2-8-22-48)57-29-14-16-31-59(57)62/h1-44H. The summed E-state index contributed by atoms with van der Waals surface area (Å²) >= 11 is 0. The van der Waals surface area contributed by atoms with Gasteiger partial charge in [0.2, 0.25) is 0 Å². The lowest BCUT2D eigenvalue weighted by molar-refractivity contribution is 1.28. The van der Waals surface area contributed by atoms with Gasteiger partial charge < -0.3 is 9.80 Å². The van der Waals surface area contributed by atoms with Gasteiger partial charge in [0.15, 0.2) is 0 Å². The van der Waals surface area contributed by atoms with Gasteiger partial charge in [-0.25, -0.2) is 0 Å². The Morgan fingerprint density at radius 2 is 0.484 bits per heavy atom. The molecule has 2 heteroatoms. The Balaban J connectivity index is 0.993. The number of rotatable bonds is 10. The minimum absolute atomic E-state index is 1.08. The predicted molar refractivity (Wildman–Crippen MR) is 273 cm³/mol. The second-order valence-corrected chi connectivity index (χ2v) is 16.1. The van der Waals surface area contributed by atoms with Gasteiger partial charge in [-0.2, -0.15) is 0 Å². The van der Waals surface area contributed by atoms with E-state index in [9.17, 15) is 0 Å². The normalized spacial score (nSPS) is 11.1. The van der Waals surface area contributed by atoms with Gasteiger partial charge in [0.25, 0.3) is 0 Å². The van der Waals surface area contributed by atoms with Crippen molar-refractivity contribution in [1.29, 1.82) is 0 Å². The molecule has 0 amide bonds. The largest absolute Gasteiger partial charge is 0.311 e. The molecule has 0 radical (unpaired) electrons. The number of benzene rings is 11. The molecule has 11 aromatic carbocycles. The predicted octanol–water partition coefficient (Wildman–Crippen LogP) is 17.6. The molecule has 0 aliphatic carbocycles. The summed E-state index contributed by atoms with van der Waals surface area (Å²) in [4.78, 5) is 4.69. The van der Waals surface area contributed by atoms with Gasteiger partial charge in [-0.1, -0.05) is 200 Å². The molecule has 0 aliphatic rings. The molecule has 0 unspecified atom stereocenters. The van der Waals surface area contributed by atoms with E-state index < -0.39 is 0 Å². The Kier molecular flexibility index (Phi) is 10.3. The van der Waals surface area contributed by atoms with Gasteiger partial charge in [-0.15, -0.1) is 0 Å². The van der Waals surface area contributed by atoms with Gasteiger partial charge in [-0.3, -0.25) is 0 Å². The van der Waals surface area contributed by atoms with Crippen molar-refractivity contribution in [1.82, 2.24) is 0 Å². The summed E-state index contributed by atoms with van der Waals surface area (Å²) < 4.78 is 0. The molecule has 302 valence electrons. The van der Waals surface area contributed by atoms with E-state index in [0.29, 0.717) is 0 Å². The van der Waals surface area contributed by atoms with Crippen LogP contribution in [0, 0.1) is 0 Å². The molecular formula is C62H44N2. The summed E-state index contributed by atoms with van der Waals surface area (Å²) in [7, 11) is 0. The molecule has 11 rings (SSSR count). The third-order valence-corrected chi connectivity index (χ3v) is 12.3. The first-order chi connectivity index (χ1) is 31.8. The molecule has 0 atom stereocenters. The Morgan fingerprint density at radius 3 is 0.922 bits per heavy atom. The maximum atomic E-state index is 2.39. The summed E-state index contributed by atoms with van der Waals surface area (Å²) in [6.07, 6.45) is 0. The number of hydrogen-bond acceptors (Lipinski definition) is 2. The maximum absolute atomic E-state index is 2.39. The fourth-order valence-corrected chi connectivity index (χ4v) is 9.30. The lowest BCUT2D eigenvalue weighted by Crippen LogP contribution is -2.11. The number of hydrogen-bond donors (Lipinski definition) is 0. The molecule has 0 saturated heterocycles. The quantitative estimate of drug-likeness (QED) is 0.127. The third kappa shape index (κ3) is 7.27. The summed E-state index contributed by atoms with van der Waals surface area (Å²) in [5.41, 5.74) is 16.2. The number of anilines is 6. The zero-order chi connectivity index (χ0) is 42.7. The molecule has 0 fully saturated rings. The molecule has 0 spiro atoms. The second kappa shape index (κ2) is 17.1. The SMILES string of the molecule is c1ccc(-c2ccccc2N(c2ccc(-c3ccc(N(c4ccccc4)c4ccccc4)cc3)cc2)c2ccc(-c3c4ccccc4c(-c4ccccc4)c4ccccc34)cc2)cc1. The highest BCUT2D eigenvalue weighted by atomic mass is 15.1. The summed E-state index contributed by atoms with van der Waals surface area (Å²) in [5.74, 6) is 0. The zero-order valence-corrected chi connectivity index (χ0v) is 35.3. The van der Waals surface area contributed by atoms with Crippen molar-refractivity contribution in [3.05, 3.63) is 267 Å². The van der Waals surface area contributed by atoms with E-state index in [4.69, 9.17) is 0 Å². The van der Waals surface area contributed by atoms with Gasteiger partial charge in [0, 0.05) is 34.0 Å². The Hall–Kier alpha value is -8.46. The van der Waals surface area contributed by atoms with Crippen LogP contribution in [0.25, 0.3) is 66.1 Å². The van der Waals surface area contributed by atoms with Crippen LogP contribution in [0.3, 0.4) is 0 Å². The molecule has 0 aliphatic heterocycles. The minimum Gasteiger partial charge on any atom is -0.311 e. The molecule has 11 aromatic rings. The van der Waals surface area contributed by atoms with Gasteiger partial charge in [0.1, 0.15) is 0 Å². The van der Waals surface area contributed by atoms with E-state index in [0.717, 1.165) is 45.3 Å². The van der Waals surface area contributed by atoms with Crippen molar-refractivity contribution in [2.45, 2.75) is 0 Å². The van der Waals surface area contributed by atoms with Crippen LogP contribution in [0.2, 0.25) is 0 Å². The third-order valence-electron chi connectivity index (χ3n) is 12.3. The van der Waals surface area contributed by atoms with Crippen molar-refractivity contribution in [3.8, 4) is 44.5 Å². The highest BCUT2D eigenvalue weighted by Crippen LogP contribution is 2.46. The summed E-state index contributed by atoms with van der Waals surface area (Å²) in [6, 6.07) is 96.1. The fourth-order valence-electron chi connectivity index (χ4n) is 9.30. The Bertz CT molecular complexity index is 3230. The second-order valence-electron chi connectivity index (χ2n) is 16.1. The van der Waals surface area contributed by atoms with E-state index in [1.807, 2.05) is 0 Å². The highest BCUT2D eigenvalue weighted by Gasteiger charge is 2.20.